The number of ether oxygens (including phenoxy) is 2. The molecule has 4 nitrogen and oxygen atoms in total. The highest BCUT2D eigenvalue weighted by Crippen LogP contribution is 2.34. The first-order chi connectivity index (χ1) is 11.7. The minimum atomic E-state index is -0.114. The van der Waals surface area contributed by atoms with E-state index in [1.807, 2.05) is 23.6 Å². The number of methoxy groups -OCH3 is 1. The molecule has 0 aliphatic heterocycles. The summed E-state index contributed by atoms with van der Waals surface area (Å²) in [5.41, 5.74) is 1.71. The number of esters is 1. The number of nitrogens with zero attached hydrogens (tertiary/aromatic N) is 1. The van der Waals surface area contributed by atoms with Crippen molar-refractivity contribution in [3.63, 3.8) is 0 Å². The summed E-state index contributed by atoms with van der Waals surface area (Å²) in [5, 5.41) is 2.79. The number of benzene rings is 1. The highest BCUT2D eigenvalue weighted by molar-refractivity contribution is 9.10. The molecule has 0 atom stereocenters. The maximum Gasteiger partial charge on any atom is 0.306 e. The summed E-state index contributed by atoms with van der Waals surface area (Å²) in [7, 11) is 1.64. The molecule has 1 aromatic carbocycles. The standard InChI is InChI=1S/C18H20BrNO3S/c1-22-16-7-6-13(19)9-15(16)18-20-14(11-24-18)10-23-17(21)8-12-4-2-3-5-12/h6-7,9,11-12H,2-5,8,10H2,1H3. The van der Waals surface area contributed by atoms with Gasteiger partial charge in [-0.25, -0.2) is 4.98 Å². The molecule has 0 unspecified atom stereocenters. The quantitative estimate of drug-likeness (QED) is 0.614. The molecule has 2 aromatic rings. The molecule has 1 heterocycles. The van der Waals surface area contributed by atoms with Crippen LogP contribution in [0.4, 0.5) is 0 Å². The van der Waals surface area contributed by atoms with Crippen molar-refractivity contribution in [2.24, 2.45) is 5.92 Å². The Morgan fingerprint density at radius 3 is 2.92 bits per heavy atom. The number of halogens is 1. The zero-order valence-corrected chi connectivity index (χ0v) is 16.0. The summed E-state index contributed by atoms with van der Waals surface area (Å²) in [4.78, 5) is 16.5. The van der Waals surface area contributed by atoms with Crippen LogP contribution in [-0.4, -0.2) is 18.1 Å². The lowest BCUT2D eigenvalue weighted by molar-refractivity contribution is -0.146. The molecule has 0 amide bonds. The monoisotopic (exact) mass is 409 g/mol. The van der Waals surface area contributed by atoms with Gasteiger partial charge in [0.05, 0.1) is 18.4 Å². The Labute approximate surface area is 154 Å². The number of hydrogen-bond donors (Lipinski definition) is 0. The molecule has 3 rings (SSSR count). The van der Waals surface area contributed by atoms with Crippen molar-refractivity contribution in [3.05, 3.63) is 33.7 Å². The van der Waals surface area contributed by atoms with Crippen LogP contribution in [-0.2, 0) is 16.1 Å². The molecule has 1 saturated carbocycles. The van der Waals surface area contributed by atoms with Crippen LogP contribution in [0.1, 0.15) is 37.8 Å². The van der Waals surface area contributed by atoms with Crippen molar-refractivity contribution in [2.45, 2.75) is 38.7 Å². The van der Waals surface area contributed by atoms with Crippen LogP contribution in [0.5, 0.6) is 5.75 Å². The third-order valence-corrected chi connectivity index (χ3v) is 5.67. The Hall–Kier alpha value is -1.40. The van der Waals surface area contributed by atoms with E-state index in [2.05, 4.69) is 20.9 Å². The number of aromatic nitrogens is 1. The number of carbonyl (C=O) groups is 1. The van der Waals surface area contributed by atoms with E-state index >= 15 is 0 Å². The summed E-state index contributed by atoms with van der Waals surface area (Å²) >= 11 is 5.00. The Balaban J connectivity index is 1.61. The lowest BCUT2D eigenvalue weighted by atomic mass is 10.0. The summed E-state index contributed by atoms with van der Waals surface area (Å²) in [6, 6.07) is 5.82. The SMILES string of the molecule is COc1ccc(Br)cc1-c1nc(COC(=O)CC2CCCC2)cs1. The molecule has 0 bridgehead atoms. The number of hydrogen-bond acceptors (Lipinski definition) is 5. The molecule has 1 aliphatic carbocycles. The minimum absolute atomic E-state index is 0.114. The maximum atomic E-state index is 11.9. The van der Waals surface area contributed by atoms with Gasteiger partial charge in [-0.3, -0.25) is 4.79 Å². The fraction of sp³-hybridized carbons (Fsp3) is 0.444. The summed E-state index contributed by atoms with van der Waals surface area (Å²) in [6.07, 6.45) is 5.32. The van der Waals surface area contributed by atoms with Crippen molar-refractivity contribution in [2.75, 3.05) is 7.11 Å². The Morgan fingerprint density at radius 2 is 2.17 bits per heavy atom. The van der Waals surface area contributed by atoms with Gasteiger partial charge in [-0.15, -0.1) is 11.3 Å². The highest BCUT2D eigenvalue weighted by Gasteiger charge is 2.19. The van der Waals surface area contributed by atoms with E-state index < -0.39 is 0 Å². The van der Waals surface area contributed by atoms with Gasteiger partial charge in [0.15, 0.2) is 0 Å². The van der Waals surface area contributed by atoms with Gasteiger partial charge in [0.25, 0.3) is 0 Å². The second kappa shape index (κ2) is 8.12. The molecule has 24 heavy (non-hydrogen) atoms. The van der Waals surface area contributed by atoms with E-state index in [1.54, 1.807) is 7.11 Å². The third kappa shape index (κ3) is 4.36. The number of carbonyl (C=O) groups excluding carboxylic acids is 1. The van der Waals surface area contributed by atoms with Gasteiger partial charge < -0.3 is 9.47 Å². The van der Waals surface area contributed by atoms with Crippen LogP contribution in [0.25, 0.3) is 10.6 Å². The molecular weight excluding hydrogens is 390 g/mol. The van der Waals surface area contributed by atoms with Gasteiger partial charge >= 0.3 is 5.97 Å². The van der Waals surface area contributed by atoms with Gasteiger partial charge in [-0.2, -0.15) is 0 Å². The highest BCUT2D eigenvalue weighted by atomic mass is 79.9. The van der Waals surface area contributed by atoms with Gasteiger partial charge in [0.2, 0.25) is 0 Å². The van der Waals surface area contributed by atoms with Crippen molar-refractivity contribution in [3.8, 4) is 16.3 Å². The van der Waals surface area contributed by atoms with Crippen molar-refractivity contribution < 1.29 is 14.3 Å². The normalized spacial score (nSPS) is 14.8. The van der Waals surface area contributed by atoms with Crippen LogP contribution < -0.4 is 4.74 Å². The van der Waals surface area contributed by atoms with E-state index in [0.29, 0.717) is 12.3 Å². The molecule has 6 heteroatoms. The topological polar surface area (TPSA) is 48.4 Å². The zero-order valence-electron chi connectivity index (χ0n) is 13.6. The van der Waals surface area contributed by atoms with Gasteiger partial charge in [-0.05, 0) is 37.0 Å². The molecule has 0 N–H and O–H groups in total. The van der Waals surface area contributed by atoms with E-state index in [0.717, 1.165) is 39.3 Å². The molecular formula is C18H20BrNO3S. The smallest absolute Gasteiger partial charge is 0.306 e. The Morgan fingerprint density at radius 1 is 1.38 bits per heavy atom. The average Bonchev–Trinajstić information content (AvgIpc) is 3.24. The van der Waals surface area contributed by atoms with Gasteiger partial charge in [-0.1, -0.05) is 28.8 Å². The minimum Gasteiger partial charge on any atom is -0.496 e. The van der Waals surface area contributed by atoms with Gasteiger partial charge in [0.1, 0.15) is 17.4 Å². The number of thiazole rings is 1. The van der Waals surface area contributed by atoms with E-state index in [-0.39, 0.29) is 12.6 Å². The first-order valence-corrected chi connectivity index (χ1v) is 9.77. The van der Waals surface area contributed by atoms with Gasteiger partial charge in [0, 0.05) is 16.3 Å². The van der Waals surface area contributed by atoms with Crippen LogP contribution in [0, 0.1) is 5.92 Å². The summed E-state index contributed by atoms with van der Waals surface area (Å²) in [5.74, 6) is 1.17. The molecule has 0 spiro atoms. The van der Waals surface area contributed by atoms with Crippen molar-refractivity contribution in [1.29, 1.82) is 0 Å². The van der Waals surface area contributed by atoms with Crippen LogP contribution in [0.3, 0.4) is 0 Å². The van der Waals surface area contributed by atoms with Crippen LogP contribution in [0.15, 0.2) is 28.1 Å². The second-order valence-electron chi connectivity index (χ2n) is 6.00. The van der Waals surface area contributed by atoms with Crippen molar-refractivity contribution >= 4 is 33.2 Å². The molecule has 1 aromatic heterocycles. The fourth-order valence-electron chi connectivity index (χ4n) is 3.01. The first-order valence-electron chi connectivity index (χ1n) is 8.09. The van der Waals surface area contributed by atoms with E-state index in [4.69, 9.17) is 9.47 Å². The van der Waals surface area contributed by atoms with Crippen LogP contribution in [0.2, 0.25) is 0 Å². The Bertz CT molecular complexity index is 710. The molecule has 1 aliphatic rings. The maximum absolute atomic E-state index is 11.9. The largest absolute Gasteiger partial charge is 0.496 e. The van der Waals surface area contributed by atoms with Crippen LogP contribution >= 0.6 is 27.3 Å². The molecule has 1 fully saturated rings. The lowest BCUT2D eigenvalue weighted by Crippen LogP contribution is -2.09. The first kappa shape index (κ1) is 17.4. The molecule has 0 saturated heterocycles. The summed E-state index contributed by atoms with van der Waals surface area (Å²) in [6.45, 7) is 0.234. The van der Waals surface area contributed by atoms with E-state index in [9.17, 15) is 4.79 Å². The Kier molecular flexibility index (Phi) is 5.89. The number of rotatable bonds is 6. The lowest BCUT2D eigenvalue weighted by Gasteiger charge is -2.08. The predicted octanol–water partition coefficient (Wildman–Crippen LogP) is 5.20. The second-order valence-corrected chi connectivity index (χ2v) is 7.78. The third-order valence-electron chi connectivity index (χ3n) is 4.25. The summed E-state index contributed by atoms with van der Waals surface area (Å²) < 4.78 is 11.8. The molecule has 0 radical (unpaired) electrons. The average molecular weight is 410 g/mol. The predicted molar refractivity (Wildman–Crippen MR) is 98.2 cm³/mol. The molecule has 128 valence electrons. The zero-order chi connectivity index (χ0) is 16.9. The fourth-order valence-corrected chi connectivity index (χ4v) is 4.19. The van der Waals surface area contributed by atoms with Crippen molar-refractivity contribution in [1.82, 2.24) is 4.98 Å². The van der Waals surface area contributed by atoms with E-state index in [1.165, 1.54) is 24.2 Å².